The second kappa shape index (κ2) is 4.21. The number of nitrogens with zero attached hydrogens (tertiary/aromatic N) is 2. The molecule has 0 aromatic carbocycles. The van der Waals surface area contributed by atoms with Crippen molar-refractivity contribution in [1.29, 1.82) is 0 Å². The van der Waals surface area contributed by atoms with E-state index in [2.05, 4.69) is 30.7 Å². The van der Waals surface area contributed by atoms with E-state index >= 15 is 0 Å². The maximum Gasteiger partial charge on any atom is 0.231 e. The molecule has 0 aliphatic rings. The molecule has 0 amide bonds. The van der Waals surface area contributed by atoms with Gasteiger partial charge >= 0.3 is 0 Å². The highest BCUT2D eigenvalue weighted by molar-refractivity contribution is 5.10. The van der Waals surface area contributed by atoms with Crippen LogP contribution in [0, 0.1) is 5.92 Å². The SMILES string of the molecule is COc1cnc([C@@H](C)C(C)C)cn1. The van der Waals surface area contributed by atoms with Gasteiger partial charge < -0.3 is 4.74 Å². The van der Waals surface area contributed by atoms with Gasteiger partial charge in [-0.15, -0.1) is 0 Å². The molecule has 3 nitrogen and oxygen atoms in total. The molecule has 1 aromatic rings. The van der Waals surface area contributed by atoms with Gasteiger partial charge in [-0.1, -0.05) is 20.8 Å². The van der Waals surface area contributed by atoms with Crippen molar-refractivity contribution in [2.45, 2.75) is 26.7 Å². The Hall–Kier alpha value is -1.12. The van der Waals surface area contributed by atoms with Gasteiger partial charge in [0.2, 0.25) is 5.88 Å². The lowest BCUT2D eigenvalue weighted by molar-refractivity contribution is 0.393. The lowest BCUT2D eigenvalue weighted by atomic mass is 9.95. The predicted octanol–water partition coefficient (Wildman–Crippen LogP) is 2.24. The molecular weight excluding hydrogens is 164 g/mol. The van der Waals surface area contributed by atoms with Gasteiger partial charge in [0.05, 0.1) is 25.2 Å². The molecule has 0 spiro atoms. The quantitative estimate of drug-likeness (QED) is 0.715. The first-order valence-electron chi connectivity index (χ1n) is 4.51. The molecule has 3 heteroatoms. The van der Waals surface area contributed by atoms with Crippen molar-refractivity contribution in [2.24, 2.45) is 5.92 Å². The zero-order chi connectivity index (χ0) is 9.84. The summed E-state index contributed by atoms with van der Waals surface area (Å²) in [6.45, 7) is 6.51. The smallest absolute Gasteiger partial charge is 0.231 e. The van der Waals surface area contributed by atoms with Crippen LogP contribution in [-0.4, -0.2) is 17.1 Å². The average molecular weight is 180 g/mol. The van der Waals surface area contributed by atoms with E-state index < -0.39 is 0 Å². The van der Waals surface area contributed by atoms with Crippen molar-refractivity contribution in [3.8, 4) is 5.88 Å². The first kappa shape index (κ1) is 9.96. The Labute approximate surface area is 79.2 Å². The van der Waals surface area contributed by atoms with E-state index in [1.807, 2.05) is 0 Å². The van der Waals surface area contributed by atoms with Crippen LogP contribution in [0.2, 0.25) is 0 Å². The van der Waals surface area contributed by atoms with Crippen LogP contribution < -0.4 is 4.74 Å². The van der Waals surface area contributed by atoms with Gasteiger partial charge in [0, 0.05) is 5.92 Å². The zero-order valence-corrected chi connectivity index (χ0v) is 8.61. The molecule has 0 bridgehead atoms. The standard InChI is InChI=1S/C10H16N2O/c1-7(2)8(3)9-5-12-10(13-4)6-11-9/h5-8H,1-4H3/t8-/m0/s1. The lowest BCUT2D eigenvalue weighted by Gasteiger charge is -2.13. The zero-order valence-electron chi connectivity index (χ0n) is 8.61. The van der Waals surface area contributed by atoms with E-state index in [0.717, 1.165) is 5.69 Å². The van der Waals surface area contributed by atoms with Crippen LogP contribution in [0.1, 0.15) is 32.4 Å². The largest absolute Gasteiger partial charge is 0.480 e. The monoisotopic (exact) mass is 180 g/mol. The molecule has 0 unspecified atom stereocenters. The first-order valence-corrected chi connectivity index (χ1v) is 4.51. The minimum absolute atomic E-state index is 0.443. The summed E-state index contributed by atoms with van der Waals surface area (Å²) in [4.78, 5) is 8.40. The van der Waals surface area contributed by atoms with Gasteiger partial charge in [-0.3, -0.25) is 4.98 Å². The van der Waals surface area contributed by atoms with Gasteiger partial charge in [-0.2, -0.15) is 0 Å². The molecule has 0 aliphatic carbocycles. The molecule has 1 rings (SSSR count). The number of hydrogen-bond donors (Lipinski definition) is 0. The molecule has 13 heavy (non-hydrogen) atoms. The Balaban J connectivity index is 2.79. The van der Waals surface area contributed by atoms with E-state index in [9.17, 15) is 0 Å². The Morgan fingerprint density at radius 3 is 2.23 bits per heavy atom. The van der Waals surface area contributed by atoms with Crippen LogP contribution >= 0.6 is 0 Å². The van der Waals surface area contributed by atoms with E-state index in [4.69, 9.17) is 4.74 Å². The number of methoxy groups -OCH3 is 1. The summed E-state index contributed by atoms with van der Waals surface area (Å²) >= 11 is 0. The normalized spacial score (nSPS) is 13.0. The maximum atomic E-state index is 4.94. The molecule has 0 fully saturated rings. The van der Waals surface area contributed by atoms with Gasteiger partial charge in [0.1, 0.15) is 0 Å². The van der Waals surface area contributed by atoms with E-state index in [0.29, 0.717) is 17.7 Å². The van der Waals surface area contributed by atoms with Crippen molar-refractivity contribution < 1.29 is 4.74 Å². The molecule has 0 N–H and O–H groups in total. The average Bonchev–Trinajstić information content (AvgIpc) is 2.17. The van der Waals surface area contributed by atoms with Crippen molar-refractivity contribution in [1.82, 2.24) is 9.97 Å². The summed E-state index contributed by atoms with van der Waals surface area (Å²) in [5.74, 6) is 1.60. The topological polar surface area (TPSA) is 35.0 Å². The Morgan fingerprint density at radius 2 is 1.85 bits per heavy atom. The molecule has 0 saturated heterocycles. The van der Waals surface area contributed by atoms with Gasteiger partial charge in [-0.25, -0.2) is 4.98 Å². The fraction of sp³-hybridized carbons (Fsp3) is 0.600. The van der Waals surface area contributed by atoms with Crippen molar-refractivity contribution in [3.05, 3.63) is 18.1 Å². The van der Waals surface area contributed by atoms with E-state index in [-0.39, 0.29) is 0 Å². The first-order chi connectivity index (χ1) is 6.15. The van der Waals surface area contributed by atoms with Crippen LogP contribution in [0.25, 0.3) is 0 Å². The summed E-state index contributed by atoms with van der Waals surface area (Å²) in [5.41, 5.74) is 1.02. The molecular formula is C10H16N2O. The molecule has 72 valence electrons. The van der Waals surface area contributed by atoms with Crippen LogP contribution in [-0.2, 0) is 0 Å². The fourth-order valence-electron chi connectivity index (χ4n) is 1.01. The fourth-order valence-corrected chi connectivity index (χ4v) is 1.01. The third kappa shape index (κ3) is 2.41. The number of aromatic nitrogens is 2. The van der Waals surface area contributed by atoms with Gasteiger partial charge in [0.25, 0.3) is 0 Å². The molecule has 1 heterocycles. The second-order valence-corrected chi connectivity index (χ2v) is 3.52. The molecule has 1 aromatic heterocycles. The van der Waals surface area contributed by atoms with Crippen molar-refractivity contribution in [3.63, 3.8) is 0 Å². The summed E-state index contributed by atoms with van der Waals surface area (Å²) < 4.78 is 4.94. The summed E-state index contributed by atoms with van der Waals surface area (Å²) in [6, 6.07) is 0. The van der Waals surface area contributed by atoms with Crippen molar-refractivity contribution >= 4 is 0 Å². The molecule has 0 radical (unpaired) electrons. The molecule has 0 aliphatic heterocycles. The van der Waals surface area contributed by atoms with Gasteiger partial charge in [-0.05, 0) is 5.92 Å². The van der Waals surface area contributed by atoms with Crippen LogP contribution in [0.3, 0.4) is 0 Å². The molecule has 0 saturated carbocycles. The van der Waals surface area contributed by atoms with Crippen LogP contribution in [0.5, 0.6) is 5.88 Å². The predicted molar refractivity (Wildman–Crippen MR) is 51.8 cm³/mol. The minimum atomic E-state index is 0.443. The Bertz CT molecular complexity index is 256. The summed E-state index contributed by atoms with van der Waals surface area (Å²) in [5, 5.41) is 0. The second-order valence-electron chi connectivity index (χ2n) is 3.52. The number of hydrogen-bond acceptors (Lipinski definition) is 3. The summed E-state index contributed by atoms with van der Waals surface area (Å²) in [6.07, 6.45) is 3.44. The molecule has 1 atom stereocenters. The van der Waals surface area contributed by atoms with E-state index in [1.54, 1.807) is 19.5 Å². The Morgan fingerprint density at radius 1 is 1.15 bits per heavy atom. The van der Waals surface area contributed by atoms with Gasteiger partial charge in [0.15, 0.2) is 0 Å². The lowest BCUT2D eigenvalue weighted by Crippen LogP contribution is -2.05. The number of rotatable bonds is 3. The van der Waals surface area contributed by atoms with E-state index in [1.165, 1.54) is 0 Å². The third-order valence-corrected chi connectivity index (χ3v) is 2.32. The highest BCUT2D eigenvalue weighted by Crippen LogP contribution is 2.21. The Kier molecular flexibility index (Phi) is 3.23. The van der Waals surface area contributed by atoms with Crippen LogP contribution in [0.4, 0.5) is 0 Å². The highest BCUT2D eigenvalue weighted by Gasteiger charge is 2.11. The minimum Gasteiger partial charge on any atom is -0.480 e. The van der Waals surface area contributed by atoms with Crippen molar-refractivity contribution in [2.75, 3.05) is 7.11 Å². The number of ether oxygens (including phenoxy) is 1. The third-order valence-electron chi connectivity index (χ3n) is 2.32. The summed E-state index contributed by atoms with van der Waals surface area (Å²) in [7, 11) is 1.59. The highest BCUT2D eigenvalue weighted by atomic mass is 16.5. The maximum absolute atomic E-state index is 4.94. The van der Waals surface area contributed by atoms with Crippen LogP contribution in [0.15, 0.2) is 12.4 Å².